The van der Waals surface area contributed by atoms with Gasteiger partial charge < -0.3 is 35.6 Å². The average molecular weight is 723 g/mol. The number of methoxy groups -OCH3 is 1. The topological polar surface area (TPSA) is 158 Å². The van der Waals surface area contributed by atoms with Gasteiger partial charge in [0.25, 0.3) is 0 Å². The first-order chi connectivity index (χ1) is 25.7. The van der Waals surface area contributed by atoms with Crippen LogP contribution in [0.2, 0.25) is 0 Å². The fourth-order valence-corrected chi connectivity index (χ4v) is 6.55. The minimum absolute atomic E-state index is 0.0354. The van der Waals surface area contributed by atoms with Crippen LogP contribution in [-0.4, -0.2) is 65.6 Å². The summed E-state index contributed by atoms with van der Waals surface area (Å²) in [6.07, 6.45) is -1.90. The second-order valence-electron chi connectivity index (χ2n) is 13.5. The molecular weight excluding hydrogens is 672 g/mol. The molecule has 0 unspecified atom stereocenters. The third-order valence-electron chi connectivity index (χ3n) is 9.83. The van der Waals surface area contributed by atoms with E-state index >= 15 is 0 Å². The second-order valence-corrected chi connectivity index (χ2v) is 13.5. The quantitative estimate of drug-likeness (QED) is 0.0939. The van der Waals surface area contributed by atoms with Crippen LogP contribution >= 0.6 is 0 Å². The molecule has 0 radical (unpaired) electrons. The number of rotatable bonds is 17. The van der Waals surface area contributed by atoms with Gasteiger partial charge in [-0.15, -0.1) is 0 Å². The van der Waals surface area contributed by atoms with E-state index in [1.807, 2.05) is 111 Å². The van der Waals surface area contributed by atoms with Gasteiger partial charge in [-0.1, -0.05) is 117 Å². The van der Waals surface area contributed by atoms with Gasteiger partial charge in [0.1, 0.15) is 24.4 Å². The third-order valence-corrected chi connectivity index (χ3v) is 9.83. The van der Waals surface area contributed by atoms with Crippen molar-refractivity contribution in [3.05, 3.63) is 137 Å². The van der Waals surface area contributed by atoms with E-state index in [2.05, 4.69) is 21.3 Å². The predicted molar refractivity (Wildman–Crippen MR) is 202 cm³/mol. The highest BCUT2D eigenvalue weighted by Crippen LogP contribution is 2.31. The van der Waals surface area contributed by atoms with E-state index in [0.29, 0.717) is 18.6 Å². The van der Waals surface area contributed by atoms with Crippen LogP contribution in [0.4, 0.5) is 4.79 Å². The molecule has 11 nitrogen and oxygen atoms in total. The number of hydrogen-bond acceptors (Lipinski definition) is 8. The van der Waals surface area contributed by atoms with E-state index in [-0.39, 0.29) is 25.5 Å². The lowest BCUT2D eigenvalue weighted by Gasteiger charge is -2.33. The van der Waals surface area contributed by atoms with Crippen LogP contribution in [0.15, 0.2) is 109 Å². The highest BCUT2D eigenvalue weighted by atomic mass is 16.5. The fourth-order valence-electron chi connectivity index (χ4n) is 6.55. The lowest BCUT2D eigenvalue weighted by Crippen LogP contribution is -2.62. The van der Waals surface area contributed by atoms with E-state index in [9.17, 15) is 24.6 Å². The maximum absolute atomic E-state index is 14.2. The Morgan fingerprint density at radius 2 is 1.43 bits per heavy atom. The molecule has 0 aliphatic heterocycles. The molecule has 0 bridgehead atoms. The van der Waals surface area contributed by atoms with E-state index in [1.165, 1.54) is 0 Å². The van der Waals surface area contributed by atoms with Crippen LogP contribution in [0.5, 0.6) is 5.75 Å². The predicted octanol–water partition coefficient (Wildman–Crippen LogP) is 4.36. The van der Waals surface area contributed by atoms with Gasteiger partial charge in [-0.3, -0.25) is 14.9 Å². The number of carbonyl (C=O) groups excluding carboxylic acids is 3. The number of alkyl carbamates (subject to hydrolysis) is 1. The standard InChI is InChI=1S/C42H50N4O7/c1-4-27(2)36(46-42(51)53-26-30-15-9-6-10-16-30)40(49)44-34(23-28-13-7-5-8-14-28)39(48)38(43-25-29-19-21-32(52-3)22-20-29)41(50)45-37-33-18-12-11-17-31(33)24-35(37)47/h5-22,27,34-39,43,47-48H,4,23-26H2,1-3H3,(H,44,49)(H,45,50)(H,46,51)/t27-,34-,35+,36-,37-,38+,39+/m0/s1. The number of aliphatic hydroxyl groups excluding tert-OH is 2. The molecule has 0 spiro atoms. The zero-order valence-electron chi connectivity index (χ0n) is 30.4. The van der Waals surface area contributed by atoms with Crippen molar-refractivity contribution < 1.29 is 34.1 Å². The molecule has 0 aromatic heterocycles. The van der Waals surface area contributed by atoms with Gasteiger partial charge in [-0.2, -0.15) is 0 Å². The number of nitrogens with one attached hydrogen (secondary N) is 4. The minimum Gasteiger partial charge on any atom is -0.497 e. The maximum atomic E-state index is 14.2. The summed E-state index contributed by atoms with van der Waals surface area (Å²) in [7, 11) is 1.58. The summed E-state index contributed by atoms with van der Waals surface area (Å²) in [4.78, 5) is 41.3. The van der Waals surface area contributed by atoms with Crippen LogP contribution in [0.25, 0.3) is 0 Å². The van der Waals surface area contributed by atoms with Crippen molar-refractivity contribution in [1.29, 1.82) is 0 Å². The molecule has 280 valence electrons. The van der Waals surface area contributed by atoms with Crippen LogP contribution in [0, 0.1) is 5.92 Å². The van der Waals surface area contributed by atoms with E-state index in [1.54, 1.807) is 19.2 Å². The molecule has 3 amide bonds. The molecule has 1 aliphatic carbocycles. The van der Waals surface area contributed by atoms with Gasteiger partial charge >= 0.3 is 6.09 Å². The van der Waals surface area contributed by atoms with Crippen molar-refractivity contribution in [3.63, 3.8) is 0 Å². The Bertz CT molecular complexity index is 1770. The molecule has 7 atom stereocenters. The molecule has 11 heteroatoms. The van der Waals surface area contributed by atoms with Gasteiger partial charge in [0.15, 0.2) is 0 Å². The van der Waals surface area contributed by atoms with Crippen molar-refractivity contribution in [2.45, 2.75) is 82.6 Å². The zero-order valence-corrected chi connectivity index (χ0v) is 30.4. The summed E-state index contributed by atoms with van der Waals surface area (Å²) < 4.78 is 10.7. The first-order valence-corrected chi connectivity index (χ1v) is 18.1. The first-order valence-electron chi connectivity index (χ1n) is 18.1. The molecule has 4 aromatic rings. The normalized spacial score (nSPS) is 17.7. The molecule has 53 heavy (non-hydrogen) atoms. The lowest BCUT2D eigenvalue weighted by molar-refractivity contribution is -0.131. The molecule has 5 rings (SSSR count). The lowest BCUT2D eigenvalue weighted by atomic mass is 9.93. The molecule has 6 N–H and O–H groups in total. The van der Waals surface area contributed by atoms with E-state index in [0.717, 1.165) is 27.8 Å². The largest absolute Gasteiger partial charge is 0.497 e. The Hall–Kier alpha value is -5.23. The van der Waals surface area contributed by atoms with Crippen molar-refractivity contribution in [3.8, 4) is 5.75 Å². The zero-order chi connectivity index (χ0) is 37.7. The third kappa shape index (κ3) is 10.7. The number of fused-ring (bicyclic) bond motifs is 1. The molecular formula is C42H50N4O7. The number of ether oxygens (including phenoxy) is 2. The molecule has 1 aliphatic rings. The van der Waals surface area contributed by atoms with Crippen LogP contribution in [0.3, 0.4) is 0 Å². The number of amides is 3. The van der Waals surface area contributed by atoms with Gasteiger partial charge in [-0.25, -0.2) is 4.79 Å². The van der Waals surface area contributed by atoms with Crippen LogP contribution in [-0.2, 0) is 40.3 Å². The average Bonchev–Trinajstić information content (AvgIpc) is 3.50. The van der Waals surface area contributed by atoms with Crippen molar-refractivity contribution in [2.75, 3.05) is 7.11 Å². The first kappa shape index (κ1) is 39.0. The number of benzene rings is 4. The molecule has 0 saturated carbocycles. The Kier molecular flexibility index (Phi) is 14.0. The van der Waals surface area contributed by atoms with Crippen LogP contribution < -0.4 is 26.0 Å². The minimum atomic E-state index is -1.45. The van der Waals surface area contributed by atoms with E-state index < -0.39 is 54.3 Å². The van der Waals surface area contributed by atoms with Gasteiger partial charge in [0.2, 0.25) is 11.8 Å². The Labute approximate surface area is 311 Å². The second kappa shape index (κ2) is 19.0. The SMILES string of the molecule is CC[C@H](C)[C@H](NC(=O)OCc1ccccc1)C(=O)N[C@@H](Cc1ccccc1)[C@@H](O)[C@@H](NCc1ccc(OC)cc1)C(=O)N[C@H]1c2ccccc2C[C@H]1O. The number of aliphatic hydroxyl groups is 2. The molecule has 0 heterocycles. The summed E-state index contributed by atoms with van der Waals surface area (Å²) in [6, 6.07) is 29.6. The summed E-state index contributed by atoms with van der Waals surface area (Å²) in [5.41, 5.74) is 4.21. The summed E-state index contributed by atoms with van der Waals surface area (Å²) in [5.74, 6) is -0.674. The smallest absolute Gasteiger partial charge is 0.408 e. The Balaban J connectivity index is 1.39. The molecule has 0 saturated heterocycles. The monoisotopic (exact) mass is 722 g/mol. The molecule has 0 fully saturated rings. The summed E-state index contributed by atoms with van der Waals surface area (Å²) in [6.45, 7) is 4.01. The van der Waals surface area contributed by atoms with Crippen molar-refractivity contribution >= 4 is 17.9 Å². The van der Waals surface area contributed by atoms with Gasteiger partial charge in [-0.05, 0) is 52.3 Å². The Morgan fingerprint density at radius 1 is 0.792 bits per heavy atom. The molecule has 4 aromatic carbocycles. The van der Waals surface area contributed by atoms with E-state index in [4.69, 9.17) is 9.47 Å². The van der Waals surface area contributed by atoms with Crippen LogP contribution in [0.1, 0.15) is 54.1 Å². The highest BCUT2D eigenvalue weighted by Gasteiger charge is 2.39. The van der Waals surface area contributed by atoms with Gasteiger partial charge in [0, 0.05) is 13.0 Å². The highest BCUT2D eigenvalue weighted by molar-refractivity contribution is 5.87. The summed E-state index contributed by atoms with van der Waals surface area (Å²) >= 11 is 0. The maximum Gasteiger partial charge on any atom is 0.408 e. The number of hydrogen-bond donors (Lipinski definition) is 6. The summed E-state index contributed by atoms with van der Waals surface area (Å²) in [5, 5.41) is 35.1. The van der Waals surface area contributed by atoms with Crippen molar-refractivity contribution in [1.82, 2.24) is 21.3 Å². The van der Waals surface area contributed by atoms with Crippen molar-refractivity contribution in [2.24, 2.45) is 5.92 Å². The number of carbonyl (C=O) groups is 3. The fraction of sp³-hybridized carbons (Fsp3) is 0.357. The Morgan fingerprint density at radius 3 is 2.09 bits per heavy atom. The van der Waals surface area contributed by atoms with Gasteiger partial charge in [0.05, 0.1) is 31.4 Å².